The normalized spacial score (nSPS) is 16.7. The topological polar surface area (TPSA) is 30.1 Å². The summed E-state index contributed by atoms with van der Waals surface area (Å²) in [5.74, 6) is 1.07. The highest BCUT2D eigenvalue weighted by atomic mass is 16.3. The van der Waals surface area contributed by atoms with E-state index in [1.807, 2.05) is 0 Å². The SMILES string of the molecule is CC1(C)c2cc3c(cc2-c2ccc4oc5ccccc5c4c21)c1ccccc1n3C1=CC(c2ccccc2)=CC(c2ccccc2)N1. The van der Waals surface area contributed by atoms with E-state index in [-0.39, 0.29) is 11.5 Å². The number of nitrogens with one attached hydrogen (secondary N) is 1. The minimum absolute atomic E-state index is 0.0281. The first-order valence-corrected chi connectivity index (χ1v) is 16.4. The highest BCUT2D eigenvalue weighted by Crippen LogP contribution is 2.54. The van der Waals surface area contributed by atoms with Crippen LogP contribution in [0.1, 0.15) is 42.1 Å². The number of rotatable bonds is 3. The summed E-state index contributed by atoms with van der Waals surface area (Å²) in [5.41, 5.74) is 13.0. The van der Waals surface area contributed by atoms with E-state index < -0.39 is 0 Å². The molecule has 0 radical (unpaired) electrons. The van der Waals surface area contributed by atoms with E-state index in [0.29, 0.717) is 0 Å². The fourth-order valence-electron chi connectivity index (χ4n) is 8.24. The van der Waals surface area contributed by atoms with E-state index in [2.05, 4.69) is 169 Å². The fraction of sp³-hybridized carbons (Fsp3) is 0.0909. The van der Waals surface area contributed by atoms with E-state index >= 15 is 0 Å². The molecule has 1 unspecified atom stereocenters. The Morgan fingerprint density at radius 2 is 1.36 bits per heavy atom. The van der Waals surface area contributed by atoms with Gasteiger partial charge in [0.15, 0.2) is 0 Å². The van der Waals surface area contributed by atoms with Crippen molar-refractivity contribution in [2.24, 2.45) is 0 Å². The summed E-state index contributed by atoms with van der Waals surface area (Å²) in [6.07, 6.45) is 4.66. The lowest BCUT2D eigenvalue weighted by molar-refractivity contribution is 0.657. The molecule has 0 bridgehead atoms. The fourth-order valence-corrected chi connectivity index (χ4v) is 8.24. The molecule has 2 aliphatic rings. The smallest absolute Gasteiger partial charge is 0.135 e. The minimum atomic E-state index is -0.220. The lowest BCUT2D eigenvalue weighted by atomic mass is 9.80. The molecule has 2 aromatic heterocycles. The van der Waals surface area contributed by atoms with Crippen LogP contribution in [-0.2, 0) is 5.41 Å². The average molecular weight is 605 g/mol. The van der Waals surface area contributed by atoms with Crippen molar-refractivity contribution in [3.05, 3.63) is 168 Å². The monoisotopic (exact) mass is 604 g/mol. The molecule has 0 spiro atoms. The highest BCUT2D eigenvalue weighted by molar-refractivity contribution is 6.15. The molecule has 3 nitrogen and oxygen atoms in total. The zero-order valence-corrected chi connectivity index (χ0v) is 26.3. The van der Waals surface area contributed by atoms with Crippen LogP contribution in [0.2, 0.25) is 0 Å². The van der Waals surface area contributed by atoms with Gasteiger partial charge in [-0.15, -0.1) is 0 Å². The number of fused-ring (bicyclic) bond motifs is 10. The number of para-hydroxylation sites is 2. The van der Waals surface area contributed by atoms with Crippen molar-refractivity contribution in [2.75, 3.05) is 0 Å². The van der Waals surface area contributed by atoms with Crippen molar-refractivity contribution in [1.29, 1.82) is 0 Å². The Labute approximate surface area is 273 Å². The molecule has 1 N–H and O–H groups in total. The Kier molecular flexibility index (Phi) is 5.40. The second kappa shape index (κ2) is 9.60. The van der Waals surface area contributed by atoms with E-state index in [9.17, 15) is 0 Å². The number of aromatic nitrogens is 1. The maximum atomic E-state index is 6.36. The highest BCUT2D eigenvalue weighted by Gasteiger charge is 2.39. The number of benzene rings is 6. The van der Waals surface area contributed by atoms with Crippen LogP contribution in [0.15, 0.2) is 150 Å². The summed E-state index contributed by atoms with van der Waals surface area (Å²) in [5, 5.41) is 8.87. The van der Waals surface area contributed by atoms with Gasteiger partial charge in [0, 0.05) is 27.0 Å². The Balaban J connectivity index is 1.23. The van der Waals surface area contributed by atoms with Gasteiger partial charge in [-0.2, -0.15) is 0 Å². The lowest BCUT2D eigenvalue weighted by Crippen LogP contribution is -2.25. The number of nitrogens with zero attached hydrogens (tertiary/aromatic N) is 1. The van der Waals surface area contributed by atoms with Gasteiger partial charge in [0.2, 0.25) is 0 Å². The maximum Gasteiger partial charge on any atom is 0.135 e. The van der Waals surface area contributed by atoms with Crippen LogP contribution in [0.25, 0.3) is 66.3 Å². The molecular weight excluding hydrogens is 572 g/mol. The van der Waals surface area contributed by atoms with Crippen LogP contribution >= 0.6 is 0 Å². The van der Waals surface area contributed by atoms with Gasteiger partial charge in [-0.05, 0) is 81.4 Å². The predicted octanol–water partition coefficient (Wildman–Crippen LogP) is 11.2. The number of dihydropyridines is 1. The largest absolute Gasteiger partial charge is 0.456 e. The van der Waals surface area contributed by atoms with Crippen molar-refractivity contribution in [1.82, 2.24) is 9.88 Å². The van der Waals surface area contributed by atoms with Crippen LogP contribution in [0.5, 0.6) is 0 Å². The van der Waals surface area contributed by atoms with Crippen LogP contribution in [0.4, 0.5) is 0 Å². The Morgan fingerprint density at radius 3 is 2.19 bits per heavy atom. The summed E-state index contributed by atoms with van der Waals surface area (Å²) in [6, 6.07) is 48.1. The molecule has 6 aromatic carbocycles. The Morgan fingerprint density at radius 1 is 0.638 bits per heavy atom. The standard InChI is InChI=1S/C44H32N2O/c1-44(2)35-26-38-34(25-33(35)31-21-22-40-42(43(31)44)32-18-10-12-20-39(32)47-40)30-17-9-11-19-37(30)46(38)41-24-29(27-13-5-3-6-14-27)23-36(45-41)28-15-7-4-8-16-28/h3-26,36,45H,1-2H3. The van der Waals surface area contributed by atoms with Gasteiger partial charge in [0.25, 0.3) is 0 Å². The Hall–Kier alpha value is -5.80. The average Bonchev–Trinajstić information content (AvgIpc) is 3.73. The molecule has 0 saturated carbocycles. The van der Waals surface area contributed by atoms with Gasteiger partial charge in [-0.1, -0.05) is 117 Å². The predicted molar refractivity (Wildman–Crippen MR) is 195 cm³/mol. The van der Waals surface area contributed by atoms with Gasteiger partial charge >= 0.3 is 0 Å². The summed E-state index contributed by atoms with van der Waals surface area (Å²) in [4.78, 5) is 0. The van der Waals surface area contributed by atoms with E-state index in [0.717, 1.165) is 17.0 Å². The molecule has 0 fully saturated rings. The molecule has 8 aromatic rings. The first-order valence-electron chi connectivity index (χ1n) is 16.4. The molecule has 1 atom stereocenters. The first-order chi connectivity index (χ1) is 23.1. The molecule has 0 amide bonds. The molecule has 1 aliphatic carbocycles. The molecular formula is C44H32N2O. The quantitative estimate of drug-likeness (QED) is 0.217. The van der Waals surface area contributed by atoms with Crippen molar-refractivity contribution in [3.8, 4) is 11.1 Å². The molecule has 3 heterocycles. The Bertz CT molecular complexity index is 2620. The van der Waals surface area contributed by atoms with Gasteiger partial charge in [0.05, 0.1) is 17.1 Å². The van der Waals surface area contributed by atoms with Gasteiger partial charge < -0.3 is 9.73 Å². The van der Waals surface area contributed by atoms with Crippen LogP contribution in [0.3, 0.4) is 0 Å². The number of furan rings is 1. The molecule has 1 aliphatic heterocycles. The molecule has 0 saturated heterocycles. The zero-order chi connectivity index (χ0) is 31.3. The second-order valence-electron chi connectivity index (χ2n) is 13.4. The minimum Gasteiger partial charge on any atom is -0.456 e. The van der Waals surface area contributed by atoms with Crippen molar-refractivity contribution < 1.29 is 4.42 Å². The van der Waals surface area contributed by atoms with Gasteiger partial charge in [0.1, 0.15) is 17.0 Å². The van der Waals surface area contributed by atoms with Gasteiger partial charge in [-0.3, -0.25) is 4.57 Å². The lowest BCUT2D eigenvalue weighted by Gasteiger charge is -2.27. The van der Waals surface area contributed by atoms with E-state index in [1.54, 1.807) is 0 Å². The maximum absolute atomic E-state index is 6.36. The zero-order valence-electron chi connectivity index (χ0n) is 26.3. The first kappa shape index (κ1) is 26.4. The van der Waals surface area contributed by atoms with E-state index in [1.165, 1.54) is 71.5 Å². The van der Waals surface area contributed by atoms with Crippen molar-refractivity contribution in [2.45, 2.75) is 25.3 Å². The summed E-state index contributed by atoms with van der Waals surface area (Å²) < 4.78 is 8.80. The van der Waals surface area contributed by atoms with Crippen molar-refractivity contribution in [3.63, 3.8) is 0 Å². The van der Waals surface area contributed by atoms with Crippen LogP contribution in [0, 0.1) is 0 Å². The third-order valence-electron chi connectivity index (χ3n) is 10.4. The summed E-state index contributed by atoms with van der Waals surface area (Å²) in [6.45, 7) is 4.75. The third kappa shape index (κ3) is 3.74. The molecule has 47 heavy (non-hydrogen) atoms. The summed E-state index contributed by atoms with van der Waals surface area (Å²) >= 11 is 0. The second-order valence-corrected chi connectivity index (χ2v) is 13.4. The summed E-state index contributed by atoms with van der Waals surface area (Å²) in [7, 11) is 0. The van der Waals surface area contributed by atoms with Crippen molar-refractivity contribution >= 4 is 55.1 Å². The van der Waals surface area contributed by atoms with Crippen LogP contribution < -0.4 is 5.32 Å². The van der Waals surface area contributed by atoms with Gasteiger partial charge in [-0.25, -0.2) is 0 Å². The number of hydrogen-bond acceptors (Lipinski definition) is 2. The molecule has 224 valence electrons. The molecule has 10 rings (SSSR count). The molecule has 3 heteroatoms. The van der Waals surface area contributed by atoms with E-state index in [4.69, 9.17) is 4.42 Å². The van der Waals surface area contributed by atoms with Crippen LogP contribution in [-0.4, -0.2) is 4.57 Å². The number of allylic oxidation sites excluding steroid dienone is 2. The third-order valence-corrected chi connectivity index (χ3v) is 10.4. The number of hydrogen-bond donors (Lipinski definition) is 1.